The van der Waals surface area contributed by atoms with Gasteiger partial charge in [-0.25, -0.2) is 0 Å². The molecule has 2 aromatic heterocycles. The highest BCUT2D eigenvalue weighted by atomic mass is 16.5. The molecule has 0 radical (unpaired) electrons. The van der Waals surface area contributed by atoms with Crippen LogP contribution in [0.3, 0.4) is 0 Å². The molecule has 5 nitrogen and oxygen atoms in total. The first-order valence-corrected chi connectivity index (χ1v) is 4.76. The van der Waals surface area contributed by atoms with Gasteiger partial charge in [0.2, 0.25) is 5.89 Å². The number of nitrogens with zero attached hydrogens (tertiary/aromatic N) is 3. The lowest BCUT2D eigenvalue weighted by molar-refractivity contribution is 0.380. The summed E-state index contributed by atoms with van der Waals surface area (Å²) in [5.41, 5.74) is 2.06. The van der Waals surface area contributed by atoms with Gasteiger partial charge < -0.3 is 9.84 Å². The molecule has 0 unspecified atom stereocenters. The molecule has 0 atom stereocenters. The fraction of sp³-hybridized carbons (Fsp3) is 0.300. The molecule has 2 rings (SSSR count). The number of rotatable bonds is 4. The molecule has 2 heterocycles. The molecule has 78 valence electrons. The van der Waals surface area contributed by atoms with Crippen molar-refractivity contribution in [2.45, 2.75) is 13.3 Å². The summed E-state index contributed by atoms with van der Waals surface area (Å²) in [5.74, 6) is 0.647. The summed E-state index contributed by atoms with van der Waals surface area (Å²) in [6.45, 7) is 2.73. The van der Waals surface area contributed by atoms with Crippen LogP contribution in [0.2, 0.25) is 0 Å². The van der Waals surface area contributed by atoms with E-state index < -0.39 is 0 Å². The van der Waals surface area contributed by atoms with Crippen molar-refractivity contribution in [3.63, 3.8) is 0 Å². The second-order valence-electron chi connectivity index (χ2n) is 3.20. The number of hydrogen-bond donors (Lipinski definition) is 1. The predicted molar refractivity (Wildman–Crippen MR) is 55.5 cm³/mol. The van der Waals surface area contributed by atoms with Crippen LogP contribution in [0.4, 0.5) is 5.69 Å². The van der Waals surface area contributed by atoms with Gasteiger partial charge in [-0.3, -0.25) is 4.98 Å². The van der Waals surface area contributed by atoms with Crippen molar-refractivity contribution in [3.8, 4) is 0 Å². The highest BCUT2D eigenvalue weighted by Crippen LogP contribution is 2.06. The fourth-order valence-electron chi connectivity index (χ4n) is 1.28. The Morgan fingerprint density at radius 3 is 3.07 bits per heavy atom. The van der Waals surface area contributed by atoms with E-state index in [1.807, 2.05) is 19.1 Å². The van der Waals surface area contributed by atoms with Crippen molar-refractivity contribution in [2.75, 3.05) is 11.9 Å². The summed E-state index contributed by atoms with van der Waals surface area (Å²) in [7, 11) is 0. The molecule has 0 aliphatic rings. The van der Waals surface area contributed by atoms with Crippen molar-refractivity contribution in [2.24, 2.45) is 0 Å². The summed E-state index contributed by atoms with van der Waals surface area (Å²) < 4.78 is 4.88. The van der Waals surface area contributed by atoms with Crippen LogP contribution in [0, 0.1) is 6.92 Å². The largest absolute Gasteiger partial charge is 0.384 e. The first-order chi connectivity index (χ1) is 7.34. The van der Waals surface area contributed by atoms with E-state index in [0.717, 1.165) is 24.3 Å². The maximum atomic E-state index is 4.88. The van der Waals surface area contributed by atoms with Gasteiger partial charge in [-0.15, -0.1) is 0 Å². The SMILES string of the molecule is Cc1cc(NCCc2ncno2)ccn1. The Kier molecular flexibility index (Phi) is 2.92. The molecule has 15 heavy (non-hydrogen) atoms. The summed E-state index contributed by atoms with van der Waals surface area (Å²) in [4.78, 5) is 8.05. The van der Waals surface area contributed by atoms with Gasteiger partial charge in [-0.2, -0.15) is 4.98 Å². The number of pyridine rings is 1. The molecule has 0 aliphatic heterocycles. The topological polar surface area (TPSA) is 63.8 Å². The Hall–Kier alpha value is -1.91. The molecule has 0 aromatic carbocycles. The molecule has 1 N–H and O–H groups in total. The minimum Gasteiger partial charge on any atom is -0.384 e. The lowest BCUT2D eigenvalue weighted by Gasteiger charge is -2.04. The van der Waals surface area contributed by atoms with Gasteiger partial charge in [0, 0.05) is 30.5 Å². The van der Waals surface area contributed by atoms with Crippen molar-refractivity contribution in [1.82, 2.24) is 15.1 Å². The zero-order valence-corrected chi connectivity index (χ0v) is 8.47. The summed E-state index contributed by atoms with van der Waals surface area (Å²) in [6, 6.07) is 3.93. The van der Waals surface area contributed by atoms with Gasteiger partial charge in [0.1, 0.15) is 0 Å². The highest BCUT2D eigenvalue weighted by Gasteiger charge is 1.98. The molecule has 0 spiro atoms. The third-order valence-corrected chi connectivity index (χ3v) is 1.97. The first-order valence-electron chi connectivity index (χ1n) is 4.76. The zero-order chi connectivity index (χ0) is 10.5. The van der Waals surface area contributed by atoms with Crippen LogP contribution in [0.5, 0.6) is 0 Å². The molecule has 0 aliphatic carbocycles. The van der Waals surface area contributed by atoms with Crippen LogP contribution in [-0.2, 0) is 6.42 Å². The van der Waals surface area contributed by atoms with Crippen molar-refractivity contribution in [3.05, 3.63) is 36.2 Å². The molecular weight excluding hydrogens is 192 g/mol. The van der Waals surface area contributed by atoms with Crippen molar-refractivity contribution >= 4 is 5.69 Å². The molecule has 0 saturated carbocycles. The van der Waals surface area contributed by atoms with E-state index in [2.05, 4.69) is 20.4 Å². The van der Waals surface area contributed by atoms with Crippen molar-refractivity contribution < 1.29 is 4.52 Å². The van der Waals surface area contributed by atoms with Gasteiger partial charge in [0.05, 0.1) is 0 Å². The number of aryl methyl sites for hydroxylation is 1. The summed E-state index contributed by atoms with van der Waals surface area (Å²) in [5, 5.41) is 6.79. The Morgan fingerprint density at radius 2 is 2.33 bits per heavy atom. The van der Waals surface area contributed by atoms with Crippen LogP contribution >= 0.6 is 0 Å². The van der Waals surface area contributed by atoms with E-state index >= 15 is 0 Å². The minimum absolute atomic E-state index is 0.647. The van der Waals surface area contributed by atoms with Crippen LogP contribution in [0.25, 0.3) is 0 Å². The Bertz CT molecular complexity index is 413. The zero-order valence-electron chi connectivity index (χ0n) is 8.47. The third-order valence-electron chi connectivity index (χ3n) is 1.97. The Balaban J connectivity index is 1.83. The fourth-order valence-corrected chi connectivity index (χ4v) is 1.28. The average molecular weight is 204 g/mol. The molecular formula is C10H12N4O. The van der Waals surface area contributed by atoms with Crippen LogP contribution in [-0.4, -0.2) is 21.7 Å². The summed E-state index contributed by atoms with van der Waals surface area (Å²) in [6.07, 6.45) is 3.91. The number of nitrogens with one attached hydrogen (secondary N) is 1. The van der Waals surface area contributed by atoms with Gasteiger partial charge >= 0.3 is 0 Å². The smallest absolute Gasteiger partial charge is 0.228 e. The van der Waals surface area contributed by atoms with Gasteiger partial charge in [-0.1, -0.05) is 5.16 Å². The van der Waals surface area contributed by atoms with Gasteiger partial charge in [-0.05, 0) is 19.1 Å². The van der Waals surface area contributed by atoms with E-state index in [4.69, 9.17) is 4.52 Å². The summed E-state index contributed by atoms with van der Waals surface area (Å²) >= 11 is 0. The maximum Gasteiger partial charge on any atom is 0.228 e. The van der Waals surface area contributed by atoms with E-state index in [9.17, 15) is 0 Å². The predicted octanol–water partition coefficient (Wildman–Crippen LogP) is 1.43. The molecule has 0 bridgehead atoms. The molecule has 0 amide bonds. The van der Waals surface area contributed by atoms with E-state index in [1.165, 1.54) is 6.33 Å². The quantitative estimate of drug-likeness (QED) is 0.816. The van der Waals surface area contributed by atoms with Gasteiger partial charge in [0.15, 0.2) is 6.33 Å². The van der Waals surface area contributed by atoms with E-state index in [1.54, 1.807) is 6.20 Å². The number of hydrogen-bond acceptors (Lipinski definition) is 5. The number of aromatic nitrogens is 3. The standard InChI is InChI=1S/C10H12N4O/c1-8-6-9(2-4-11-8)12-5-3-10-13-7-14-15-10/h2,4,6-7H,3,5H2,1H3,(H,11,12). The Morgan fingerprint density at radius 1 is 1.40 bits per heavy atom. The van der Waals surface area contributed by atoms with E-state index in [-0.39, 0.29) is 0 Å². The number of anilines is 1. The molecule has 5 heteroatoms. The average Bonchev–Trinajstić information content (AvgIpc) is 2.71. The van der Waals surface area contributed by atoms with Crippen LogP contribution in [0.15, 0.2) is 29.2 Å². The monoisotopic (exact) mass is 204 g/mol. The van der Waals surface area contributed by atoms with Crippen LogP contribution < -0.4 is 5.32 Å². The van der Waals surface area contributed by atoms with E-state index in [0.29, 0.717) is 5.89 Å². The Labute approximate surface area is 87.5 Å². The third kappa shape index (κ3) is 2.77. The normalized spacial score (nSPS) is 10.2. The molecule has 0 fully saturated rings. The van der Waals surface area contributed by atoms with Gasteiger partial charge in [0.25, 0.3) is 0 Å². The van der Waals surface area contributed by atoms with Crippen molar-refractivity contribution in [1.29, 1.82) is 0 Å². The molecule has 0 saturated heterocycles. The minimum atomic E-state index is 0.647. The lowest BCUT2D eigenvalue weighted by Crippen LogP contribution is -2.05. The lowest BCUT2D eigenvalue weighted by atomic mass is 10.3. The van der Waals surface area contributed by atoms with Crippen LogP contribution in [0.1, 0.15) is 11.6 Å². The second-order valence-corrected chi connectivity index (χ2v) is 3.20. The second kappa shape index (κ2) is 4.54. The highest BCUT2D eigenvalue weighted by molar-refractivity contribution is 5.42. The first kappa shape index (κ1) is 9.64. The maximum absolute atomic E-state index is 4.88. The molecule has 2 aromatic rings.